The highest BCUT2D eigenvalue weighted by Crippen LogP contribution is 2.28. The van der Waals surface area contributed by atoms with Crippen LogP contribution in [0.2, 0.25) is 5.02 Å². The summed E-state index contributed by atoms with van der Waals surface area (Å²) in [5.41, 5.74) is 5.92. The van der Waals surface area contributed by atoms with E-state index in [4.69, 9.17) is 11.6 Å². The predicted octanol–water partition coefficient (Wildman–Crippen LogP) is 6.62. The summed E-state index contributed by atoms with van der Waals surface area (Å²) in [6.07, 6.45) is 10.3. The fraction of sp³-hybridized carbons (Fsp3) is 0.0323. The van der Waals surface area contributed by atoms with E-state index in [1.165, 1.54) is 12.1 Å². The van der Waals surface area contributed by atoms with E-state index < -0.39 is 11.7 Å². The van der Waals surface area contributed by atoms with Gasteiger partial charge >= 0.3 is 0 Å². The van der Waals surface area contributed by atoms with Gasteiger partial charge in [0.15, 0.2) is 5.65 Å². The minimum absolute atomic E-state index is 0.132. The van der Waals surface area contributed by atoms with Crippen LogP contribution in [0.25, 0.3) is 16.8 Å². The Morgan fingerprint density at radius 2 is 1.93 bits per heavy atom. The number of halogens is 2. The lowest BCUT2D eigenvalue weighted by molar-refractivity contribution is 0.102. The van der Waals surface area contributed by atoms with E-state index in [1.54, 1.807) is 56.1 Å². The summed E-state index contributed by atoms with van der Waals surface area (Å²) in [5, 5.41) is 13.1. The summed E-state index contributed by atoms with van der Waals surface area (Å²) in [5.74, 6) is 4.92. The van der Waals surface area contributed by atoms with E-state index in [9.17, 15) is 9.18 Å². The van der Waals surface area contributed by atoms with Gasteiger partial charge in [-0.25, -0.2) is 9.37 Å². The third-order valence-corrected chi connectivity index (χ3v) is 6.57. The third kappa shape index (κ3) is 5.50. The second-order valence-electron chi connectivity index (χ2n) is 9.19. The summed E-state index contributed by atoms with van der Waals surface area (Å²) in [4.78, 5) is 21.8. The SMILES string of the molecule is Cc1cc(F)c(C(=O)Nc2cc(Cl)cc(-c3cccnc3)c2)cc1C#Cc1cnc2c(Nc3cn[nH]c3)cccn12. The number of amides is 1. The van der Waals surface area contributed by atoms with E-state index >= 15 is 0 Å². The van der Waals surface area contributed by atoms with Crippen LogP contribution in [0.4, 0.5) is 21.5 Å². The molecule has 41 heavy (non-hydrogen) atoms. The molecule has 6 rings (SSSR count). The minimum atomic E-state index is -0.648. The van der Waals surface area contributed by atoms with Gasteiger partial charge in [0, 0.05) is 46.6 Å². The van der Waals surface area contributed by atoms with Crippen molar-refractivity contribution in [2.75, 3.05) is 10.6 Å². The fourth-order valence-corrected chi connectivity index (χ4v) is 4.58. The average Bonchev–Trinajstić information content (AvgIpc) is 3.63. The van der Waals surface area contributed by atoms with Crippen LogP contribution in [0.15, 0.2) is 91.8 Å². The van der Waals surface area contributed by atoms with Gasteiger partial charge in [0.1, 0.15) is 11.5 Å². The number of carbonyl (C=O) groups is 1. The quantitative estimate of drug-likeness (QED) is 0.205. The number of nitrogens with zero attached hydrogens (tertiary/aromatic N) is 4. The normalized spacial score (nSPS) is 10.7. The van der Waals surface area contributed by atoms with Gasteiger partial charge in [-0.1, -0.05) is 23.6 Å². The zero-order chi connectivity index (χ0) is 28.3. The van der Waals surface area contributed by atoms with Crippen LogP contribution in [0, 0.1) is 24.6 Å². The molecule has 0 aliphatic heterocycles. The number of imidazole rings is 1. The molecule has 10 heteroatoms. The van der Waals surface area contributed by atoms with Gasteiger partial charge in [-0.3, -0.25) is 19.3 Å². The molecular formula is C31H21ClFN7O. The van der Waals surface area contributed by atoms with Crippen molar-refractivity contribution in [1.82, 2.24) is 24.6 Å². The second-order valence-corrected chi connectivity index (χ2v) is 9.63. The highest BCUT2D eigenvalue weighted by Gasteiger charge is 2.16. The number of rotatable bonds is 5. The van der Waals surface area contributed by atoms with Crippen LogP contribution in [0.3, 0.4) is 0 Å². The highest BCUT2D eigenvalue weighted by molar-refractivity contribution is 6.31. The van der Waals surface area contributed by atoms with Crippen molar-refractivity contribution in [3.05, 3.63) is 125 Å². The predicted molar refractivity (Wildman–Crippen MR) is 157 cm³/mol. The van der Waals surface area contributed by atoms with Gasteiger partial charge < -0.3 is 10.6 Å². The standard InChI is InChI=1S/C31H21ClFN7O/c1-19-10-28(33)27(31(41)39-24-12-22(11-23(32)14-24)21-4-2-8-34-15-21)13-20(19)6-7-26-18-35-30-29(5-3-9-40(26)30)38-25-16-36-37-17-25/h2-5,8-18,38H,1H3,(H,36,37)(H,39,41). The zero-order valence-electron chi connectivity index (χ0n) is 21.6. The van der Waals surface area contributed by atoms with Gasteiger partial charge in [-0.05, 0) is 72.5 Å². The summed E-state index contributed by atoms with van der Waals surface area (Å²) in [6, 6.07) is 15.4. The number of benzene rings is 2. The Hall–Kier alpha value is -5.46. The van der Waals surface area contributed by atoms with Crippen molar-refractivity contribution in [3.63, 3.8) is 0 Å². The Morgan fingerprint density at radius 3 is 2.73 bits per heavy atom. The Kier molecular flexibility index (Phi) is 6.90. The number of nitrogens with one attached hydrogen (secondary N) is 3. The molecule has 0 bridgehead atoms. The minimum Gasteiger partial charge on any atom is -0.350 e. The molecule has 4 aromatic heterocycles. The summed E-state index contributed by atoms with van der Waals surface area (Å²) < 4.78 is 16.8. The molecule has 0 atom stereocenters. The maximum atomic E-state index is 15.0. The number of anilines is 3. The Labute approximate surface area is 239 Å². The molecule has 0 aliphatic rings. The lowest BCUT2D eigenvalue weighted by atomic mass is 10.0. The molecule has 0 spiro atoms. The van der Waals surface area contributed by atoms with Crippen LogP contribution in [0.1, 0.15) is 27.2 Å². The second kappa shape index (κ2) is 11.0. The Bertz CT molecular complexity index is 1960. The number of fused-ring (bicyclic) bond motifs is 1. The summed E-state index contributed by atoms with van der Waals surface area (Å²) >= 11 is 6.30. The molecule has 0 fully saturated rings. The van der Waals surface area contributed by atoms with Crippen molar-refractivity contribution in [2.45, 2.75) is 6.92 Å². The summed E-state index contributed by atoms with van der Waals surface area (Å²) in [6.45, 7) is 1.74. The number of pyridine rings is 2. The number of carbonyl (C=O) groups excluding carboxylic acids is 1. The molecule has 0 radical (unpaired) electrons. The lowest BCUT2D eigenvalue weighted by Crippen LogP contribution is -2.14. The first-order valence-electron chi connectivity index (χ1n) is 12.5. The largest absolute Gasteiger partial charge is 0.350 e. The molecule has 0 saturated carbocycles. The first-order chi connectivity index (χ1) is 19.9. The van der Waals surface area contributed by atoms with E-state index in [2.05, 4.69) is 42.6 Å². The molecule has 1 amide bonds. The molecule has 0 unspecified atom stereocenters. The maximum Gasteiger partial charge on any atom is 0.258 e. The molecule has 0 saturated heterocycles. The number of hydrogen-bond donors (Lipinski definition) is 3. The molecule has 0 aliphatic carbocycles. The van der Waals surface area contributed by atoms with E-state index in [0.29, 0.717) is 33.2 Å². The van der Waals surface area contributed by atoms with Crippen LogP contribution >= 0.6 is 11.6 Å². The average molecular weight is 562 g/mol. The van der Waals surface area contributed by atoms with E-state index in [1.807, 2.05) is 34.9 Å². The number of aryl methyl sites for hydroxylation is 1. The molecule has 2 aromatic carbocycles. The van der Waals surface area contributed by atoms with Crippen molar-refractivity contribution in [3.8, 4) is 23.0 Å². The Balaban J connectivity index is 1.28. The lowest BCUT2D eigenvalue weighted by Gasteiger charge is -2.10. The number of H-pyrrole nitrogens is 1. The van der Waals surface area contributed by atoms with Crippen LogP contribution in [-0.4, -0.2) is 30.5 Å². The highest BCUT2D eigenvalue weighted by atomic mass is 35.5. The van der Waals surface area contributed by atoms with Crippen LogP contribution in [0.5, 0.6) is 0 Å². The van der Waals surface area contributed by atoms with Crippen molar-refractivity contribution >= 4 is 40.2 Å². The van der Waals surface area contributed by atoms with Crippen molar-refractivity contribution in [2.24, 2.45) is 0 Å². The van der Waals surface area contributed by atoms with Gasteiger partial charge in [0.25, 0.3) is 5.91 Å². The van der Waals surface area contributed by atoms with Gasteiger partial charge in [-0.15, -0.1) is 0 Å². The van der Waals surface area contributed by atoms with Crippen molar-refractivity contribution in [1.29, 1.82) is 0 Å². The van der Waals surface area contributed by atoms with Gasteiger partial charge in [0.2, 0.25) is 0 Å². The van der Waals surface area contributed by atoms with Crippen LogP contribution < -0.4 is 10.6 Å². The first kappa shape index (κ1) is 25.8. The maximum absolute atomic E-state index is 15.0. The number of hydrogen-bond acceptors (Lipinski definition) is 5. The topological polar surface area (TPSA) is 100 Å². The Morgan fingerprint density at radius 1 is 1.02 bits per heavy atom. The third-order valence-electron chi connectivity index (χ3n) is 6.35. The number of aromatic amines is 1. The fourth-order valence-electron chi connectivity index (χ4n) is 4.35. The molecule has 200 valence electrons. The molecular weight excluding hydrogens is 541 g/mol. The molecule has 6 aromatic rings. The smallest absolute Gasteiger partial charge is 0.258 e. The van der Waals surface area contributed by atoms with Gasteiger partial charge in [0.05, 0.1) is 29.3 Å². The van der Waals surface area contributed by atoms with E-state index in [0.717, 1.165) is 22.5 Å². The zero-order valence-corrected chi connectivity index (χ0v) is 22.4. The van der Waals surface area contributed by atoms with Gasteiger partial charge in [-0.2, -0.15) is 5.10 Å². The molecule has 4 heterocycles. The summed E-state index contributed by atoms with van der Waals surface area (Å²) in [7, 11) is 0. The van der Waals surface area contributed by atoms with E-state index in [-0.39, 0.29) is 5.56 Å². The molecule has 8 nitrogen and oxygen atoms in total. The van der Waals surface area contributed by atoms with Crippen molar-refractivity contribution < 1.29 is 9.18 Å². The molecule has 3 N–H and O–H groups in total. The van der Waals surface area contributed by atoms with Crippen LogP contribution in [-0.2, 0) is 0 Å². The monoisotopic (exact) mass is 561 g/mol. The first-order valence-corrected chi connectivity index (χ1v) is 12.9. The number of aromatic nitrogens is 5.